The summed E-state index contributed by atoms with van der Waals surface area (Å²) in [6.07, 6.45) is 3.47. The number of hydrogen-bond donors (Lipinski definition) is 1. The Balaban J connectivity index is 2.27. The molecule has 3 heteroatoms. The van der Waals surface area contributed by atoms with E-state index in [4.69, 9.17) is 23.2 Å². The van der Waals surface area contributed by atoms with Crippen molar-refractivity contribution in [2.24, 2.45) is 5.41 Å². The van der Waals surface area contributed by atoms with Gasteiger partial charge in [-0.2, -0.15) is 0 Å². The Bertz CT molecular complexity index is 429. The maximum absolute atomic E-state index is 6.11. The molecule has 0 spiro atoms. The molecule has 0 radical (unpaired) electrons. The smallest absolute Gasteiger partial charge is 0.0595 e. The molecule has 1 heterocycles. The van der Waals surface area contributed by atoms with Crippen LogP contribution in [-0.4, -0.2) is 12.1 Å². The van der Waals surface area contributed by atoms with E-state index >= 15 is 0 Å². The van der Waals surface area contributed by atoms with Crippen molar-refractivity contribution >= 4 is 23.2 Å². The quantitative estimate of drug-likeness (QED) is 0.830. The summed E-state index contributed by atoms with van der Waals surface area (Å²) in [4.78, 5) is 0. The molecule has 1 nitrogen and oxygen atoms in total. The maximum atomic E-state index is 6.11. The normalized spacial score (nSPS) is 24.5. The molecule has 18 heavy (non-hydrogen) atoms. The highest BCUT2D eigenvalue weighted by molar-refractivity contribution is 6.42. The zero-order chi connectivity index (χ0) is 13.4. The van der Waals surface area contributed by atoms with Gasteiger partial charge in [-0.15, -0.1) is 0 Å². The number of hydrogen-bond acceptors (Lipinski definition) is 1. The van der Waals surface area contributed by atoms with Crippen molar-refractivity contribution in [3.63, 3.8) is 0 Å². The molecule has 1 atom stereocenters. The Kier molecular flexibility index (Phi) is 3.96. The first-order chi connectivity index (χ1) is 8.34. The van der Waals surface area contributed by atoms with Crippen LogP contribution >= 0.6 is 23.2 Å². The Labute approximate surface area is 120 Å². The van der Waals surface area contributed by atoms with Crippen LogP contribution in [0.4, 0.5) is 0 Å². The first-order valence-electron chi connectivity index (χ1n) is 6.53. The molecule has 1 aliphatic heterocycles. The second-order valence-electron chi connectivity index (χ2n) is 6.29. The summed E-state index contributed by atoms with van der Waals surface area (Å²) in [6.45, 7) is 8.03. The van der Waals surface area contributed by atoms with Gasteiger partial charge in [-0.1, -0.05) is 50.0 Å². The molecular weight excluding hydrogens is 265 g/mol. The first kappa shape index (κ1) is 14.2. The van der Waals surface area contributed by atoms with Gasteiger partial charge in [0.25, 0.3) is 0 Å². The minimum absolute atomic E-state index is 0.171. The van der Waals surface area contributed by atoms with Crippen molar-refractivity contribution in [2.45, 2.75) is 45.6 Å². The summed E-state index contributed by atoms with van der Waals surface area (Å²) >= 11 is 12.1. The molecule has 0 bridgehead atoms. The van der Waals surface area contributed by atoms with Crippen LogP contribution in [0.15, 0.2) is 18.2 Å². The van der Waals surface area contributed by atoms with Gasteiger partial charge in [-0.25, -0.2) is 0 Å². The Morgan fingerprint density at radius 1 is 1.22 bits per heavy atom. The lowest BCUT2D eigenvalue weighted by molar-refractivity contribution is 0.159. The highest BCUT2D eigenvalue weighted by Gasteiger charge is 2.43. The van der Waals surface area contributed by atoms with Gasteiger partial charge >= 0.3 is 0 Å². The van der Waals surface area contributed by atoms with Gasteiger partial charge in [0.15, 0.2) is 0 Å². The molecule has 0 aliphatic carbocycles. The van der Waals surface area contributed by atoms with Crippen LogP contribution in [0, 0.1) is 5.41 Å². The maximum Gasteiger partial charge on any atom is 0.0595 e. The van der Waals surface area contributed by atoms with Crippen LogP contribution in [0.5, 0.6) is 0 Å². The van der Waals surface area contributed by atoms with Gasteiger partial charge in [0.2, 0.25) is 0 Å². The molecule has 1 fully saturated rings. The van der Waals surface area contributed by atoms with Crippen molar-refractivity contribution < 1.29 is 0 Å². The lowest BCUT2D eigenvalue weighted by Crippen LogP contribution is -2.52. The zero-order valence-electron chi connectivity index (χ0n) is 11.3. The van der Waals surface area contributed by atoms with Crippen molar-refractivity contribution in [3.8, 4) is 0 Å². The molecule has 1 aromatic rings. The van der Waals surface area contributed by atoms with Crippen LogP contribution in [-0.2, 0) is 6.42 Å². The molecule has 100 valence electrons. The molecule has 1 N–H and O–H groups in total. The summed E-state index contributed by atoms with van der Waals surface area (Å²) in [5.41, 5.74) is 1.66. The number of halogens is 2. The predicted molar refractivity (Wildman–Crippen MR) is 79.6 cm³/mol. The van der Waals surface area contributed by atoms with E-state index in [1.807, 2.05) is 12.1 Å². The van der Waals surface area contributed by atoms with Crippen LogP contribution in [0.2, 0.25) is 10.0 Å². The molecule has 1 unspecified atom stereocenters. The lowest BCUT2D eigenvalue weighted by atomic mass is 9.69. The third-order valence-electron chi connectivity index (χ3n) is 4.17. The Morgan fingerprint density at radius 2 is 1.94 bits per heavy atom. The predicted octanol–water partition coefficient (Wildman–Crippen LogP) is 4.70. The van der Waals surface area contributed by atoms with E-state index in [0.29, 0.717) is 10.0 Å². The molecule has 0 saturated carbocycles. The van der Waals surface area contributed by atoms with E-state index < -0.39 is 0 Å². The van der Waals surface area contributed by atoms with Crippen LogP contribution in [0.25, 0.3) is 0 Å². The molecular formula is C15H21Cl2N. The van der Waals surface area contributed by atoms with Crippen molar-refractivity contribution in [1.29, 1.82) is 0 Å². The molecule has 0 amide bonds. The largest absolute Gasteiger partial charge is 0.310 e. The van der Waals surface area contributed by atoms with Crippen molar-refractivity contribution in [3.05, 3.63) is 33.8 Å². The minimum Gasteiger partial charge on any atom is -0.310 e. The van der Waals surface area contributed by atoms with Crippen molar-refractivity contribution in [1.82, 2.24) is 5.32 Å². The summed E-state index contributed by atoms with van der Waals surface area (Å²) in [7, 11) is 0. The molecule has 0 aromatic heterocycles. The molecule has 1 saturated heterocycles. The highest BCUT2D eigenvalue weighted by Crippen LogP contribution is 2.40. The fourth-order valence-corrected chi connectivity index (χ4v) is 3.18. The SMILES string of the molecule is CC(C)(C)C1(Cc2ccc(Cl)c(Cl)c2)CCCN1. The summed E-state index contributed by atoms with van der Waals surface area (Å²) in [5, 5.41) is 5.00. The van der Waals surface area contributed by atoms with E-state index in [1.165, 1.54) is 18.4 Å². The Morgan fingerprint density at radius 3 is 2.44 bits per heavy atom. The van der Waals surface area contributed by atoms with Crippen molar-refractivity contribution in [2.75, 3.05) is 6.54 Å². The van der Waals surface area contributed by atoms with Gasteiger partial charge in [0.05, 0.1) is 10.0 Å². The van der Waals surface area contributed by atoms with Crippen LogP contribution in [0.3, 0.4) is 0 Å². The highest BCUT2D eigenvalue weighted by atomic mass is 35.5. The third kappa shape index (κ3) is 2.68. The van der Waals surface area contributed by atoms with Gasteiger partial charge in [-0.05, 0) is 48.9 Å². The number of nitrogens with one attached hydrogen (secondary N) is 1. The standard InChI is InChI=1S/C15H21Cl2N/c1-14(2,3)15(7-4-8-18-15)10-11-5-6-12(16)13(17)9-11/h5-6,9,18H,4,7-8,10H2,1-3H3. The molecule has 1 aromatic carbocycles. The topological polar surface area (TPSA) is 12.0 Å². The fraction of sp³-hybridized carbons (Fsp3) is 0.600. The molecule has 2 rings (SSSR count). The summed E-state index contributed by atoms with van der Waals surface area (Å²) in [5.74, 6) is 0. The van der Waals surface area contributed by atoms with Gasteiger partial charge in [0.1, 0.15) is 0 Å². The average Bonchev–Trinajstić information content (AvgIpc) is 2.73. The molecule has 1 aliphatic rings. The zero-order valence-corrected chi connectivity index (χ0v) is 12.8. The van der Waals surface area contributed by atoms with E-state index in [9.17, 15) is 0 Å². The average molecular weight is 286 g/mol. The number of benzene rings is 1. The summed E-state index contributed by atoms with van der Waals surface area (Å²) in [6, 6.07) is 5.98. The number of rotatable bonds is 2. The lowest BCUT2D eigenvalue weighted by Gasteiger charge is -2.42. The van der Waals surface area contributed by atoms with E-state index in [0.717, 1.165) is 13.0 Å². The second kappa shape index (κ2) is 5.03. The third-order valence-corrected chi connectivity index (χ3v) is 4.91. The van der Waals surface area contributed by atoms with E-state index in [1.54, 1.807) is 0 Å². The van der Waals surface area contributed by atoms with Gasteiger partial charge in [0, 0.05) is 5.54 Å². The van der Waals surface area contributed by atoms with E-state index in [-0.39, 0.29) is 11.0 Å². The van der Waals surface area contributed by atoms with Gasteiger partial charge in [-0.3, -0.25) is 0 Å². The second-order valence-corrected chi connectivity index (χ2v) is 7.10. The van der Waals surface area contributed by atoms with E-state index in [2.05, 4.69) is 32.2 Å². The van der Waals surface area contributed by atoms with Crippen LogP contribution in [0.1, 0.15) is 39.2 Å². The first-order valence-corrected chi connectivity index (χ1v) is 7.29. The summed E-state index contributed by atoms with van der Waals surface area (Å²) < 4.78 is 0. The van der Waals surface area contributed by atoms with Gasteiger partial charge < -0.3 is 5.32 Å². The minimum atomic E-state index is 0.171. The van der Waals surface area contributed by atoms with Crippen LogP contribution < -0.4 is 5.32 Å². The monoisotopic (exact) mass is 285 g/mol. The Hall–Kier alpha value is -0.240. The fourth-order valence-electron chi connectivity index (χ4n) is 2.86.